The standard InChI is InChI=1S/C32H37N5O4/c38-30(35-41-23-24-12-4-3-5-13-24)21-29(36-17-10-11-18-36)32(40)34-27-20-25-22-37(28-15-7-6-14-26(25)28)19-9-2-1-8-16-33-31(27)39/h3-7,10-15,17-18,22,27,29H,1-2,8-9,16,19-21,23H2,(H,33,39)(H,34,40)(H,35,38)/t27-,29+/m0/s1. The zero-order valence-electron chi connectivity index (χ0n) is 23.1. The molecule has 3 heterocycles. The number of hydrogen-bond donors (Lipinski definition) is 3. The minimum Gasteiger partial charge on any atom is -0.354 e. The largest absolute Gasteiger partial charge is 0.354 e. The smallest absolute Gasteiger partial charge is 0.246 e. The molecule has 5 rings (SSSR count). The average molecular weight is 556 g/mol. The van der Waals surface area contributed by atoms with Gasteiger partial charge in [0, 0.05) is 49.0 Å². The normalized spacial score (nSPS) is 17.0. The number of hydrogen-bond acceptors (Lipinski definition) is 4. The molecule has 4 aromatic rings. The van der Waals surface area contributed by atoms with Crippen LogP contribution >= 0.6 is 0 Å². The first-order chi connectivity index (χ1) is 20.1. The van der Waals surface area contributed by atoms with Crippen LogP contribution < -0.4 is 16.1 Å². The van der Waals surface area contributed by atoms with Gasteiger partial charge in [0.2, 0.25) is 17.7 Å². The predicted molar refractivity (Wildman–Crippen MR) is 157 cm³/mol. The highest BCUT2D eigenvalue weighted by Gasteiger charge is 2.29. The van der Waals surface area contributed by atoms with Gasteiger partial charge < -0.3 is 19.8 Å². The first-order valence-corrected chi connectivity index (χ1v) is 14.3. The number of aromatic nitrogens is 2. The van der Waals surface area contributed by atoms with E-state index < -0.39 is 23.9 Å². The lowest BCUT2D eigenvalue weighted by Crippen LogP contribution is -2.50. The van der Waals surface area contributed by atoms with E-state index in [2.05, 4.69) is 39.0 Å². The molecule has 3 amide bonds. The maximum Gasteiger partial charge on any atom is 0.246 e. The Morgan fingerprint density at radius 3 is 2.54 bits per heavy atom. The second-order valence-electron chi connectivity index (χ2n) is 10.5. The van der Waals surface area contributed by atoms with Crippen molar-refractivity contribution in [1.29, 1.82) is 0 Å². The summed E-state index contributed by atoms with van der Waals surface area (Å²) in [6.07, 6.45) is 9.85. The van der Waals surface area contributed by atoms with Gasteiger partial charge in [-0.1, -0.05) is 61.4 Å². The number of carbonyl (C=O) groups is 3. The SMILES string of the molecule is O=C(C[C@H](C(=O)N[C@H]1Cc2cn(c3ccccc23)CCCCCCNC1=O)n1cccc1)NOCc1ccccc1. The summed E-state index contributed by atoms with van der Waals surface area (Å²) in [6.45, 7) is 1.69. The Morgan fingerprint density at radius 2 is 1.71 bits per heavy atom. The van der Waals surface area contributed by atoms with Crippen molar-refractivity contribution in [2.45, 2.75) is 63.8 Å². The monoisotopic (exact) mass is 555 g/mol. The molecular weight excluding hydrogens is 518 g/mol. The first kappa shape index (κ1) is 28.2. The summed E-state index contributed by atoms with van der Waals surface area (Å²) in [7, 11) is 0. The quantitative estimate of drug-likeness (QED) is 0.285. The molecule has 41 heavy (non-hydrogen) atoms. The van der Waals surface area contributed by atoms with E-state index in [9.17, 15) is 14.4 Å². The molecule has 2 bridgehead atoms. The molecule has 2 aromatic carbocycles. The van der Waals surface area contributed by atoms with Gasteiger partial charge in [-0.25, -0.2) is 5.48 Å². The van der Waals surface area contributed by atoms with Gasteiger partial charge in [0.25, 0.3) is 0 Å². The molecule has 0 unspecified atom stereocenters. The van der Waals surface area contributed by atoms with Crippen LogP contribution in [0, 0.1) is 0 Å². The Balaban J connectivity index is 1.32. The molecule has 0 saturated carbocycles. The Morgan fingerprint density at radius 1 is 0.951 bits per heavy atom. The van der Waals surface area contributed by atoms with Crippen molar-refractivity contribution in [3.05, 3.63) is 96.4 Å². The summed E-state index contributed by atoms with van der Waals surface area (Å²) in [6, 6.07) is 19.6. The van der Waals surface area contributed by atoms with E-state index in [4.69, 9.17) is 4.84 Å². The second-order valence-corrected chi connectivity index (χ2v) is 10.5. The molecule has 0 fully saturated rings. The van der Waals surface area contributed by atoms with Crippen LogP contribution in [0.25, 0.3) is 10.9 Å². The van der Waals surface area contributed by atoms with Gasteiger partial charge in [-0.3, -0.25) is 19.2 Å². The van der Waals surface area contributed by atoms with Crippen LogP contribution in [0.1, 0.15) is 49.3 Å². The molecular formula is C32H37N5O4. The Bertz CT molecular complexity index is 1450. The Labute approximate surface area is 239 Å². The van der Waals surface area contributed by atoms with Crippen molar-refractivity contribution in [2.24, 2.45) is 0 Å². The summed E-state index contributed by atoms with van der Waals surface area (Å²) in [4.78, 5) is 45.3. The second kappa shape index (κ2) is 13.8. The lowest BCUT2D eigenvalue weighted by atomic mass is 10.0. The molecule has 0 saturated heterocycles. The van der Waals surface area contributed by atoms with Crippen molar-refractivity contribution < 1.29 is 19.2 Å². The maximum absolute atomic E-state index is 13.7. The third-order valence-electron chi connectivity index (χ3n) is 7.49. The first-order valence-electron chi connectivity index (χ1n) is 14.3. The molecule has 214 valence electrons. The molecule has 0 aliphatic carbocycles. The summed E-state index contributed by atoms with van der Waals surface area (Å²) in [5.41, 5.74) is 5.50. The molecule has 3 N–H and O–H groups in total. The average Bonchev–Trinajstić information content (AvgIpc) is 3.64. The van der Waals surface area contributed by atoms with Crippen LogP contribution in [0.2, 0.25) is 0 Å². The fourth-order valence-corrected chi connectivity index (χ4v) is 5.34. The van der Waals surface area contributed by atoms with Crippen molar-refractivity contribution in [3.63, 3.8) is 0 Å². The molecule has 9 heteroatoms. The number of para-hydroxylation sites is 1. The van der Waals surface area contributed by atoms with Crippen molar-refractivity contribution in [3.8, 4) is 0 Å². The van der Waals surface area contributed by atoms with Gasteiger partial charge in [-0.05, 0) is 42.2 Å². The fourth-order valence-electron chi connectivity index (χ4n) is 5.34. The topological polar surface area (TPSA) is 106 Å². The van der Waals surface area contributed by atoms with E-state index in [0.29, 0.717) is 13.0 Å². The number of benzene rings is 2. The fraction of sp³-hybridized carbons (Fsp3) is 0.344. The van der Waals surface area contributed by atoms with Gasteiger partial charge in [0.15, 0.2) is 0 Å². The van der Waals surface area contributed by atoms with E-state index in [-0.39, 0.29) is 18.9 Å². The third-order valence-corrected chi connectivity index (χ3v) is 7.49. The number of carbonyl (C=O) groups excluding carboxylic acids is 3. The summed E-state index contributed by atoms with van der Waals surface area (Å²) in [5.74, 6) is -1.07. The van der Waals surface area contributed by atoms with Crippen molar-refractivity contribution >= 4 is 28.6 Å². The zero-order chi connectivity index (χ0) is 28.4. The highest BCUT2D eigenvalue weighted by Crippen LogP contribution is 2.24. The number of amides is 3. The van der Waals surface area contributed by atoms with Gasteiger partial charge in [0.1, 0.15) is 12.1 Å². The van der Waals surface area contributed by atoms with E-state index in [0.717, 1.165) is 54.3 Å². The summed E-state index contributed by atoms with van der Waals surface area (Å²) in [5, 5.41) is 7.07. The molecule has 0 radical (unpaired) electrons. The van der Waals surface area contributed by atoms with Crippen LogP contribution in [-0.2, 0) is 38.8 Å². The zero-order valence-corrected chi connectivity index (χ0v) is 23.1. The number of hydroxylamine groups is 1. The van der Waals surface area contributed by atoms with Crippen LogP contribution in [0.15, 0.2) is 85.3 Å². The minimum atomic E-state index is -0.857. The maximum atomic E-state index is 13.7. The minimum absolute atomic E-state index is 0.150. The molecule has 2 atom stereocenters. The van der Waals surface area contributed by atoms with Gasteiger partial charge >= 0.3 is 0 Å². The van der Waals surface area contributed by atoms with E-state index in [1.54, 1.807) is 29.1 Å². The van der Waals surface area contributed by atoms with Crippen LogP contribution in [-0.4, -0.2) is 39.4 Å². The number of nitrogens with zero attached hydrogens (tertiary/aromatic N) is 2. The van der Waals surface area contributed by atoms with Gasteiger partial charge in [-0.15, -0.1) is 0 Å². The molecule has 9 nitrogen and oxygen atoms in total. The molecule has 0 spiro atoms. The van der Waals surface area contributed by atoms with E-state index in [1.165, 1.54) is 0 Å². The summed E-state index contributed by atoms with van der Waals surface area (Å²) >= 11 is 0. The highest BCUT2D eigenvalue weighted by atomic mass is 16.6. The number of rotatable bonds is 8. The van der Waals surface area contributed by atoms with Crippen molar-refractivity contribution in [2.75, 3.05) is 6.54 Å². The lowest BCUT2D eigenvalue weighted by Gasteiger charge is -2.23. The molecule has 1 aliphatic heterocycles. The van der Waals surface area contributed by atoms with Crippen LogP contribution in [0.5, 0.6) is 0 Å². The van der Waals surface area contributed by atoms with Crippen molar-refractivity contribution in [1.82, 2.24) is 25.2 Å². The van der Waals surface area contributed by atoms with Crippen LogP contribution in [0.4, 0.5) is 0 Å². The van der Waals surface area contributed by atoms with E-state index >= 15 is 0 Å². The lowest BCUT2D eigenvalue weighted by molar-refractivity contribution is -0.139. The number of aryl methyl sites for hydroxylation is 1. The summed E-state index contributed by atoms with van der Waals surface area (Å²) < 4.78 is 3.93. The Kier molecular flexibility index (Phi) is 9.49. The number of nitrogens with one attached hydrogen (secondary N) is 3. The molecule has 2 aromatic heterocycles. The van der Waals surface area contributed by atoms with Gasteiger partial charge in [-0.2, -0.15) is 0 Å². The van der Waals surface area contributed by atoms with Gasteiger partial charge in [0.05, 0.1) is 13.0 Å². The van der Waals surface area contributed by atoms with E-state index in [1.807, 2.05) is 42.5 Å². The molecule has 1 aliphatic rings. The highest BCUT2D eigenvalue weighted by molar-refractivity contribution is 5.92. The third kappa shape index (κ3) is 7.43. The number of fused-ring (bicyclic) bond motifs is 5. The Hall–Kier alpha value is -4.37. The van der Waals surface area contributed by atoms with Crippen LogP contribution in [0.3, 0.4) is 0 Å². The predicted octanol–water partition coefficient (Wildman–Crippen LogP) is 4.04.